The van der Waals surface area contributed by atoms with Crippen LogP contribution >= 0.6 is 11.6 Å². The van der Waals surface area contributed by atoms with Crippen LogP contribution in [0.4, 0.5) is 11.6 Å². The Kier molecular flexibility index (Phi) is 6.19. The number of amides is 1. The maximum Gasteiger partial charge on any atom is 0.227 e. The molecule has 29 heavy (non-hydrogen) atoms. The Labute approximate surface area is 177 Å². The number of halogens is 1. The Morgan fingerprint density at radius 3 is 2.55 bits per heavy atom. The first kappa shape index (κ1) is 20.0. The van der Waals surface area contributed by atoms with Crippen molar-refractivity contribution >= 4 is 29.1 Å². The van der Waals surface area contributed by atoms with E-state index in [0.29, 0.717) is 30.5 Å². The third-order valence-electron chi connectivity index (χ3n) is 5.82. The Morgan fingerprint density at radius 2 is 1.83 bits per heavy atom. The molecule has 2 fully saturated rings. The SMILES string of the molecule is CC1CCCN(c2cc(N3CCN(C(=O)Cc4cccc(Cl)c4)CC3)ncn2)C1. The maximum absolute atomic E-state index is 12.6. The van der Waals surface area contributed by atoms with Gasteiger partial charge in [-0.15, -0.1) is 0 Å². The average Bonchev–Trinajstić information content (AvgIpc) is 2.74. The zero-order valence-corrected chi connectivity index (χ0v) is 17.7. The number of anilines is 2. The smallest absolute Gasteiger partial charge is 0.227 e. The fraction of sp³-hybridized carbons (Fsp3) is 0.500. The molecule has 0 spiro atoms. The molecule has 2 aliphatic rings. The molecule has 0 N–H and O–H groups in total. The van der Waals surface area contributed by atoms with Crippen molar-refractivity contribution in [3.05, 3.63) is 47.2 Å². The van der Waals surface area contributed by atoms with E-state index in [1.807, 2.05) is 29.2 Å². The fourth-order valence-electron chi connectivity index (χ4n) is 4.20. The van der Waals surface area contributed by atoms with Crippen molar-refractivity contribution in [1.29, 1.82) is 0 Å². The fourth-order valence-corrected chi connectivity index (χ4v) is 4.41. The minimum Gasteiger partial charge on any atom is -0.356 e. The van der Waals surface area contributed by atoms with E-state index in [9.17, 15) is 4.79 Å². The van der Waals surface area contributed by atoms with Gasteiger partial charge in [-0.1, -0.05) is 30.7 Å². The van der Waals surface area contributed by atoms with Crippen molar-refractivity contribution in [3.8, 4) is 0 Å². The van der Waals surface area contributed by atoms with Crippen molar-refractivity contribution in [3.63, 3.8) is 0 Å². The molecule has 2 aromatic rings. The highest BCUT2D eigenvalue weighted by atomic mass is 35.5. The Bertz CT molecular complexity index is 853. The van der Waals surface area contributed by atoms with Crippen molar-refractivity contribution in [2.75, 3.05) is 49.1 Å². The van der Waals surface area contributed by atoms with E-state index in [0.717, 1.165) is 43.4 Å². The van der Waals surface area contributed by atoms with Crippen LogP contribution in [0.5, 0.6) is 0 Å². The molecule has 0 radical (unpaired) electrons. The highest BCUT2D eigenvalue weighted by Gasteiger charge is 2.23. The van der Waals surface area contributed by atoms with Crippen LogP contribution in [-0.4, -0.2) is 60.0 Å². The quantitative estimate of drug-likeness (QED) is 0.770. The summed E-state index contributed by atoms with van der Waals surface area (Å²) in [5.74, 6) is 2.82. The summed E-state index contributed by atoms with van der Waals surface area (Å²) in [5, 5.41) is 0.669. The molecule has 6 nitrogen and oxygen atoms in total. The first-order valence-corrected chi connectivity index (χ1v) is 10.8. The maximum atomic E-state index is 12.6. The molecular formula is C22H28ClN5O. The standard InChI is InChI=1S/C22H28ClN5O/c1-17-4-3-7-28(15-17)21-14-20(24-16-25-21)26-8-10-27(11-9-26)22(29)13-18-5-2-6-19(23)12-18/h2,5-6,12,14,16-17H,3-4,7-11,13,15H2,1H3. The average molecular weight is 414 g/mol. The summed E-state index contributed by atoms with van der Waals surface area (Å²) >= 11 is 6.03. The molecular weight excluding hydrogens is 386 g/mol. The Morgan fingerprint density at radius 1 is 1.07 bits per heavy atom. The van der Waals surface area contributed by atoms with E-state index in [2.05, 4.69) is 32.8 Å². The molecule has 1 unspecified atom stereocenters. The topological polar surface area (TPSA) is 52.6 Å². The molecule has 0 aliphatic carbocycles. The van der Waals surface area contributed by atoms with Gasteiger partial charge in [-0.05, 0) is 36.5 Å². The van der Waals surface area contributed by atoms with Gasteiger partial charge in [0.1, 0.15) is 18.0 Å². The second-order valence-corrected chi connectivity index (χ2v) is 8.54. The molecule has 154 valence electrons. The molecule has 3 heterocycles. The number of benzene rings is 1. The summed E-state index contributed by atoms with van der Waals surface area (Å²) in [5.41, 5.74) is 0.959. The number of nitrogens with zero attached hydrogens (tertiary/aromatic N) is 5. The number of hydrogen-bond acceptors (Lipinski definition) is 5. The summed E-state index contributed by atoms with van der Waals surface area (Å²) in [4.78, 5) is 28.2. The van der Waals surface area contributed by atoms with Crippen LogP contribution in [-0.2, 0) is 11.2 Å². The van der Waals surface area contributed by atoms with Gasteiger partial charge in [-0.3, -0.25) is 4.79 Å². The molecule has 1 aromatic carbocycles. The number of rotatable bonds is 4. The number of piperidine rings is 1. The van der Waals surface area contributed by atoms with E-state index < -0.39 is 0 Å². The number of carbonyl (C=O) groups is 1. The van der Waals surface area contributed by atoms with E-state index in [1.165, 1.54) is 12.8 Å². The van der Waals surface area contributed by atoms with Gasteiger partial charge in [0.05, 0.1) is 6.42 Å². The number of aromatic nitrogens is 2. The molecule has 2 saturated heterocycles. The summed E-state index contributed by atoms with van der Waals surface area (Å²) in [6, 6.07) is 9.62. The number of carbonyl (C=O) groups excluding carboxylic acids is 1. The zero-order chi connectivity index (χ0) is 20.2. The lowest BCUT2D eigenvalue weighted by Crippen LogP contribution is -2.49. The lowest BCUT2D eigenvalue weighted by molar-refractivity contribution is -0.130. The van der Waals surface area contributed by atoms with Gasteiger partial charge in [0.2, 0.25) is 5.91 Å². The predicted octanol–water partition coefficient (Wildman–Crippen LogP) is 3.26. The van der Waals surface area contributed by atoms with Crippen molar-refractivity contribution in [2.45, 2.75) is 26.2 Å². The summed E-state index contributed by atoms with van der Waals surface area (Å²) in [7, 11) is 0. The first-order valence-electron chi connectivity index (χ1n) is 10.4. The highest BCUT2D eigenvalue weighted by Crippen LogP contribution is 2.24. The second-order valence-electron chi connectivity index (χ2n) is 8.10. The predicted molar refractivity (Wildman–Crippen MR) is 117 cm³/mol. The highest BCUT2D eigenvalue weighted by molar-refractivity contribution is 6.30. The molecule has 0 saturated carbocycles. The molecule has 2 aliphatic heterocycles. The zero-order valence-electron chi connectivity index (χ0n) is 16.9. The Balaban J connectivity index is 1.34. The summed E-state index contributed by atoms with van der Waals surface area (Å²) in [6.45, 7) is 7.41. The van der Waals surface area contributed by atoms with Gasteiger partial charge < -0.3 is 14.7 Å². The lowest BCUT2D eigenvalue weighted by atomic mass is 10.0. The van der Waals surface area contributed by atoms with Crippen molar-refractivity contribution < 1.29 is 4.79 Å². The molecule has 1 atom stereocenters. The molecule has 0 bridgehead atoms. The van der Waals surface area contributed by atoms with E-state index in [1.54, 1.807) is 6.33 Å². The third-order valence-corrected chi connectivity index (χ3v) is 6.06. The lowest BCUT2D eigenvalue weighted by Gasteiger charge is -2.36. The van der Waals surface area contributed by atoms with Crippen LogP contribution in [0.2, 0.25) is 5.02 Å². The van der Waals surface area contributed by atoms with Crippen molar-refractivity contribution in [1.82, 2.24) is 14.9 Å². The van der Waals surface area contributed by atoms with Crippen LogP contribution in [0.1, 0.15) is 25.3 Å². The van der Waals surface area contributed by atoms with Crippen LogP contribution < -0.4 is 9.80 Å². The second kappa shape index (κ2) is 8.99. The van der Waals surface area contributed by atoms with Crippen LogP contribution in [0.25, 0.3) is 0 Å². The van der Waals surface area contributed by atoms with Gasteiger partial charge in [-0.25, -0.2) is 9.97 Å². The molecule has 1 aromatic heterocycles. The summed E-state index contributed by atoms with van der Waals surface area (Å²) < 4.78 is 0. The minimum absolute atomic E-state index is 0.151. The van der Waals surface area contributed by atoms with Crippen LogP contribution in [0.15, 0.2) is 36.7 Å². The van der Waals surface area contributed by atoms with E-state index in [4.69, 9.17) is 11.6 Å². The summed E-state index contributed by atoms with van der Waals surface area (Å²) in [6.07, 6.45) is 4.57. The monoisotopic (exact) mass is 413 g/mol. The largest absolute Gasteiger partial charge is 0.356 e. The van der Waals surface area contributed by atoms with Crippen molar-refractivity contribution in [2.24, 2.45) is 5.92 Å². The molecule has 7 heteroatoms. The third kappa shape index (κ3) is 4.99. The van der Waals surface area contributed by atoms with Crippen LogP contribution in [0, 0.1) is 5.92 Å². The van der Waals surface area contributed by atoms with Gasteiger partial charge in [0.25, 0.3) is 0 Å². The van der Waals surface area contributed by atoms with Gasteiger partial charge in [-0.2, -0.15) is 0 Å². The number of hydrogen-bond donors (Lipinski definition) is 0. The molecule has 4 rings (SSSR count). The van der Waals surface area contributed by atoms with Gasteiger partial charge in [0.15, 0.2) is 0 Å². The van der Waals surface area contributed by atoms with E-state index >= 15 is 0 Å². The molecule has 1 amide bonds. The Hall–Kier alpha value is -2.34. The van der Waals surface area contributed by atoms with Gasteiger partial charge >= 0.3 is 0 Å². The first-order chi connectivity index (χ1) is 14.1. The van der Waals surface area contributed by atoms with E-state index in [-0.39, 0.29) is 5.91 Å². The normalized spacial score (nSPS) is 20.1. The minimum atomic E-state index is 0.151. The van der Waals surface area contributed by atoms with Gasteiger partial charge in [0, 0.05) is 50.4 Å². The van der Waals surface area contributed by atoms with Crippen LogP contribution in [0.3, 0.4) is 0 Å². The number of piperazine rings is 1.